The minimum atomic E-state index is 0.672. The van der Waals surface area contributed by atoms with Gasteiger partial charge in [0.15, 0.2) is 4.67 Å². The topological polar surface area (TPSA) is 25.2 Å². The molecule has 0 atom stereocenters. The van der Waals surface area contributed by atoms with Crippen LogP contribution in [-0.2, 0) is 6.54 Å². The number of hydrogen-bond donors (Lipinski definition) is 1. The van der Waals surface area contributed by atoms with E-state index < -0.39 is 0 Å². The first-order valence-corrected chi connectivity index (χ1v) is 7.66. The fourth-order valence-corrected chi connectivity index (χ4v) is 2.79. The van der Waals surface area contributed by atoms with Gasteiger partial charge in [-0.1, -0.05) is 0 Å². The lowest BCUT2D eigenvalue weighted by molar-refractivity contribution is 0.494. The Kier molecular flexibility index (Phi) is 4.54. The van der Waals surface area contributed by atoms with Crippen molar-refractivity contribution in [3.63, 3.8) is 0 Å². The van der Waals surface area contributed by atoms with E-state index in [-0.39, 0.29) is 0 Å². The molecule has 0 aliphatic rings. The number of nitrogens with one attached hydrogen (secondary N) is 1. The normalized spacial score (nSPS) is 10.6. The molecule has 0 spiro atoms. The molecule has 1 aromatic heterocycles. The molecule has 2 aromatic rings. The fraction of sp³-hybridized carbons (Fsp3) is 0.167. The van der Waals surface area contributed by atoms with Crippen LogP contribution in [0.2, 0.25) is 0 Å². The van der Waals surface area contributed by atoms with Crippen molar-refractivity contribution in [3.05, 3.63) is 48.3 Å². The van der Waals surface area contributed by atoms with Crippen LogP contribution in [0.5, 0.6) is 0 Å². The summed E-state index contributed by atoms with van der Waals surface area (Å²) in [6, 6.07) is 8.28. The molecule has 0 aliphatic heterocycles. The molecule has 17 heavy (non-hydrogen) atoms. The Morgan fingerprint density at radius 2 is 2.06 bits per heavy atom. The molecule has 0 bridgehead atoms. The Hall–Kier alpha value is -0.0100. The highest BCUT2D eigenvalue weighted by Gasteiger charge is 2.06. The van der Waals surface area contributed by atoms with Crippen LogP contribution >= 0.6 is 54.5 Å². The average molecular weight is 471 g/mol. The maximum atomic E-state index is 5.51. The van der Waals surface area contributed by atoms with Gasteiger partial charge in [0.2, 0.25) is 0 Å². The summed E-state index contributed by atoms with van der Waals surface area (Å²) in [6.07, 6.45) is 0. The summed E-state index contributed by atoms with van der Waals surface area (Å²) < 4.78 is 8.42. The Morgan fingerprint density at radius 1 is 1.29 bits per heavy atom. The molecule has 5 heteroatoms. The zero-order chi connectivity index (χ0) is 12.4. The maximum absolute atomic E-state index is 5.51. The number of furan rings is 1. The zero-order valence-electron chi connectivity index (χ0n) is 9.06. The summed E-state index contributed by atoms with van der Waals surface area (Å²) >= 11 is 9.03. The third kappa shape index (κ3) is 3.48. The average Bonchev–Trinajstić information content (AvgIpc) is 2.57. The molecule has 1 aromatic carbocycles. The molecule has 1 heterocycles. The van der Waals surface area contributed by atoms with Crippen molar-refractivity contribution in [3.8, 4) is 0 Å². The second kappa shape index (κ2) is 5.75. The molecule has 0 saturated carbocycles. The van der Waals surface area contributed by atoms with Crippen LogP contribution in [0, 0.1) is 10.5 Å². The van der Waals surface area contributed by atoms with Crippen LogP contribution in [0.3, 0.4) is 0 Å². The lowest BCUT2D eigenvalue weighted by atomic mass is 10.2. The van der Waals surface area contributed by atoms with Gasteiger partial charge < -0.3 is 9.73 Å². The highest BCUT2D eigenvalue weighted by Crippen LogP contribution is 2.27. The highest BCUT2D eigenvalue weighted by molar-refractivity contribution is 14.1. The van der Waals surface area contributed by atoms with Crippen molar-refractivity contribution in [1.82, 2.24) is 0 Å². The fourth-order valence-electron chi connectivity index (χ4n) is 1.49. The number of halogens is 3. The molecule has 0 unspecified atom stereocenters. The van der Waals surface area contributed by atoms with E-state index in [1.54, 1.807) is 0 Å². The number of benzene rings is 1. The molecule has 1 N–H and O–H groups in total. The third-order valence-electron chi connectivity index (χ3n) is 2.34. The highest BCUT2D eigenvalue weighted by atomic mass is 127. The van der Waals surface area contributed by atoms with Crippen molar-refractivity contribution in [2.24, 2.45) is 0 Å². The standard InChI is InChI=1S/C12H10Br2INO/c1-7-4-8(15)2-3-11(7)16-6-9-5-10(13)12(14)17-9/h2-5,16H,6H2,1H3. The van der Waals surface area contributed by atoms with E-state index in [9.17, 15) is 0 Å². The first-order valence-electron chi connectivity index (χ1n) is 5.00. The summed E-state index contributed by atoms with van der Waals surface area (Å²) in [5.74, 6) is 0.890. The molecular formula is C12H10Br2INO. The van der Waals surface area contributed by atoms with Crippen molar-refractivity contribution in [2.45, 2.75) is 13.5 Å². The van der Waals surface area contributed by atoms with Crippen molar-refractivity contribution in [1.29, 1.82) is 0 Å². The van der Waals surface area contributed by atoms with Crippen molar-refractivity contribution < 1.29 is 4.42 Å². The summed E-state index contributed by atoms with van der Waals surface area (Å²) in [5, 5.41) is 3.36. The zero-order valence-corrected chi connectivity index (χ0v) is 14.4. The Balaban J connectivity index is 2.07. The van der Waals surface area contributed by atoms with Gasteiger partial charge in [0, 0.05) is 9.26 Å². The smallest absolute Gasteiger partial charge is 0.183 e. The molecule has 2 nitrogen and oxygen atoms in total. The molecule has 0 fully saturated rings. The quantitative estimate of drug-likeness (QED) is 0.613. The van der Waals surface area contributed by atoms with E-state index >= 15 is 0 Å². The number of rotatable bonds is 3. The van der Waals surface area contributed by atoms with Crippen LogP contribution in [0.15, 0.2) is 37.8 Å². The second-order valence-electron chi connectivity index (χ2n) is 3.65. The van der Waals surface area contributed by atoms with E-state index in [1.807, 2.05) is 6.07 Å². The summed E-state index contributed by atoms with van der Waals surface area (Å²) in [7, 11) is 0. The van der Waals surface area contributed by atoms with Crippen molar-refractivity contribution >= 4 is 60.1 Å². The molecular weight excluding hydrogens is 461 g/mol. The number of hydrogen-bond acceptors (Lipinski definition) is 2. The Morgan fingerprint density at radius 3 is 2.65 bits per heavy atom. The second-order valence-corrected chi connectivity index (χ2v) is 6.47. The third-order valence-corrected chi connectivity index (χ3v) is 4.72. The minimum Gasteiger partial charge on any atom is -0.451 e. The number of anilines is 1. The van der Waals surface area contributed by atoms with Gasteiger partial charge in [0.1, 0.15) is 5.76 Å². The number of aryl methyl sites for hydroxylation is 1. The van der Waals surface area contributed by atoms with Crippen LogP contribution in [0.4, 0.5) is 5.69 Å². The lowest BCUT2D eigenvalue weighted by Crippen LogP contribution is -1.99. The van der Waals surface area contributed by atoms with Gasteiger partial charge in [-0.15, -0.1) is 0 Å². The van der Waals surface area contributed by atoms with Gasteiger partial charge in [-0.3, -0.25) is 0 Å². The first-order chi connectivity index (χ1) is 8.06. The predicted octanol–water partition coefficient (Wildman–Crippen LogP) is 5.33. The molecule has 0 saturated heterocycles. The predicted molar refractivity (Wildman–Crippen MR) is 85.3 cm³/mol. The van der Waals surface area contributed by atoms with Crippen LogP contribution < -0.4 is 5.32 Å². The van der Waals surface area contributed by atoms with Gasteiger partial charge in [0.25, 0.3) is 0 Å². The monoisotopic (exact) mass is 469 g/mol. The van der Waals surface area contributed by atoms with E-state index in [2.05, 4.69) is 84.9 Å². The van der Waals surface area contributed by atoms with Gasteiger partial charge in [-0.2, -0.15) is 0 Å². The molecule has 0 amide bonds. The van der Waals surface area contributed by atoms with Crippen molar-refractivity contribution in [2.75, 3.05) is 5.32 Å². The lowest BCUT2D eigenvalue weighted by Gasteiger charge is -2.08. The molecule has 0 aliphatic carbocycles. The van der Waals surface area contributed by atoms with Crippen LogP contribution in [0.1, 0.15) is 11.3 Å². The minimum absolute atomic E-state index is 0.672. The van der Waals surface area contributed by atoms with Gasteiger partial charge in [-0.05, 0) is 91.2 Å². The van der Waals surface area contributed by atoms with Crippen LogP contribution in [-0.4, -0.2) is 0 Å². The largest absolute Gasteiger partial charge is 0.451 e. The van der Waals surface area contributed by atoms with Gasteiger partial charge >= 0.3 is 0 Å². The summed E-state index contributed by atoms with van der Waals surface area (Å²) in [4.78, 5) is 0. The van der Waals surface area contributed by atoms with E-state index in [0.29, 0.717) is 6.54 Å². The molecule has 2 rings (SSSR count). The Labute approximate surface area is 131 Å². The summed E-state index contributed by atoms with van der Waals surface area (Å²) in [6.45, 7) is 2.77. The first kappa shape index (κ1) is 13.4. The van der Waals surface area contributed by atoms with E-state index in [1.165, 1.54) is 9.13 Å². The van der Waals surface area contributed by atoms with Gasteiger partial charge in [-0.25, -0.2) is 0 Å². The molecule has 90 valence electrons. The SMILES string of the molecule is Cc1cc(I)ccc1NCc1cc(Br)c(Br)o1. The van der Waals surface area contributed by atoms with Crippen LogP contribution in [0.25, 0.3) is 0 Å². The summed E-state index contributed by atoms with van der Waals surface area (Å²) in [5.41, 5.74) is 2.37. The molecule has 0 radical (unpaired) electrons. The van der Waals surface area contributed by atoms with Gasteiger partial charge in [0.05, 0.1) is 11.0 Å². The maximum Gasteiger partial charge on any atom is 0.183 e. The van der Waals surface area contributed by atoms with E-state index in [0.717, 1.165) is 20.6 Å². The van der Waals surface area contributed by atoms with E-state index in [4.69, 9.17) is 4.42 Å². The Bertz CT molecular complexity index is 520.